The van der Waals surface area contributed by atoms with Gasteiger partial charge in [-0.15, -0.1) is 0 Å². The van der Waals surface area contributed by atoms with Gasteiger partial charge in [0.2, 0.25) is 0 Å². The lowest BCUT2D eigenvalue weighted by Crippen LogP contribution is -2.53. The number of hydrogen-bond acceptors (Lipinski definition) is 3. The first-order chi connectivity index (χ1) is 10.3. The van der Waals surface area contributed by atoms with E-state index in [2.05, 4.69) is 19.1 Å². The molecule has 0 radical (unpaired) electrons. The van der Waals surface area contributed by atoms with Crippen LogP contribution in [0.1, 0.15) is 46.0 Å². The van der Waals surface area contributed by atoms with Gasteiger partial charge in [-0.3, -0.25) is 0 Å². The fourth-order valence-corrected chi connectivity index (χ4v) is 5.67. The SMILES string of the molecule is C[C@]12C=CCCC1CC(N)C1=C3C=CC(O)(O)[C@@]3(C)CC[C@H]12. The van der Waals surface area contributed by atoms with Crippen LogP contribution in [0, 0.1) is 22.7 Å². The van der Waals surface area contributed by atoms with Gasteiger partial charge in [0.15, 0.2) is 5.79 Å². The summed E-state index contributed by atoms with van der Waals surface area (Å²) in [7, 11) is 0. The van der Waals surface area contributed by atoms with Crippen molar-refractivity contribution in [3.05, 3.63) is 35.5 Å². The molecule has 0 aromatic heterocycles. The van der Waals surface area contributed by atoms with Gasteiger partial charge >= 0.3 is 0 Å². The molecule has 1 fully saturated rings. The van der Waals surface area contributed by atoms with Crippen LogP contribution < -0.4 is 5.73 Å². The predicted octanol–water partition coefficient (Wildman–Crippen LogP) is 2.65. The molecule has 22 heavy (non-hydrogen) atoms. The van der Waals surface area contributed by atoms with Crippen molar-refractivity contribution >= 4 is 0 Å². The van der Waals surface area contributed by atoms with Crippen LogP contribution >= 0.6 is 0 Å². The fourth-order valence-electron chi connectivity index (χ4n) is 5.67. The van der Waals surface area contributed by atoms with Crippen LogP contribution in [0.3, 0.4) is 0 Å². The highest BCUT2D eigenvalue weighted by Gasteiger charge is 2.58. The standard InChI is InChI=1S/C19H27NO2/c1-17-8-4-3-5-12(17)11-15(20)16-13(17)6-9-18(2)14(16)7-10-19(18,21)22/h4,7-8,10,12-13,15,21-22H,3,5-6,9,11,20H2,1-2H3/t12?,13-,15?,17+,18+/m1/s1. The Morgan fingerprint density at radius 2 is 1.95 bits per heavy atom. The number of nitrogens with two attached hydrogens (primary N) is 1. The first-order valence-corrected chi connectivity index (χ1v) is 8.61. The lowest BCUT2D eigenvalue weighted by molar-refractivity contribution is -0.187. The molecule has 3 heteroatoms. The smallest absolute Gasteiger partial charge is 0.192 e. The summed E-state index contributed by atoms with van der Waals surface area (Å²) in [5.41, 5.74) is 8.55. The van der Waals surface area contributed by atoms with E-state index in [4.69, 9.17) is 5.73 Å². The fraction of sp³-hybridized carbons (Fsp3) is 0.684. The van der Waals surface area contributed by atoms with E-state index in [-0.39, 0.29) is 11.5 Å². The maximum atomic E-state index is 10.4. The van der Waals surface area contributed by atoms with Crippen LogP contribution in [0.25, 0.3) is 0 Å². The lowest BCUT2D eigenvalue weighted by atomic mass is 9.50. The molecule has 2 unspecified atom stereocenters. The monoisotopic (exact) mass is 301 g/mol. The Labute approximate surface area is 132 Å². The normalized spacial score (nSPS) is 48.9. The van der Waals surface area contributed by atoms with Gasteiger partial charge in [-0.2, -0.15) is 0 Å². The van der Waals surface area contributed by atoms with Crippen molar-refractivity contribution in [2.24, 2.45) is 28.4 Å². The molecule has 0 spiro atoms. The third-order valence-electron chi connectivity index (χ3n) is 7.24. The molecule has 4 aliphatic rings. The molecule has 4 aliphatic carbocycles. The first-order valence-electron chi connectivity index (χ1n) is 8.61. The minimum absolute atomic E-state index is 0.0581. The number of rotatable bonds is 0. The van der Waals surface area contributed by atoms with Crippen LogP contribution in [-0.2, 0) is 0 Å². The summed E-state index contributed by atoms with van der Waals surface area (Å²) in [6, 6.07) is 0.0581. The molecule has 0 amide bonds. The van der Waals surface area contributed by atoms with Crippen LogP contribution in [0.5, 0.6) is 0 Å². The molecular weight excluding hydrogens is 274 g/mol. The van der Waals surface area contributed by atoms with Crippen molar-refractivity contribution < 1.29 is 10.2 Å². The zero-order valence-electron chi connectivity index (χ0n) is 13.5. The maximum Gasteiger partial charge on any atom is 0.192 e. The molecule has 120 valence electrons. The Kier molecular flexibility index (Phi) is 2.90. The lowest BCUT2D eigenvalue weighted by Gasteiger charge is -2.56. The molecule has 0 bridgehead atoms. The van der Waals surface area contributed by atoms with Crippen LogP contribution in [0.15, 0.2) is 35.5 Å². The van der Waals surface area contributed by atoms with Crippen molar-refractivity contribution in [3.8, 4) is 0 Å². The second-order valence-corrected chi connectivity index (χ2v) is 8.24. The zero-order valence-corrected chi connectivity index (χ0v) is 13.5. The molecule has 0 heterocycles. The second kappa shape index (κ2) is 4.34. The quantitative estimate of drug-likeness (QED) is 0.476. The third kappa shape index (κ3) is 1.62. The maximum absolute atomic E-state index is 10.4. The van der Waals surface area contributed by atoms with Crippen molar-refractivity contribution in [3.63, 3.8) is 0 Å². The van der Waals surface area contributed by atoms with E-state index >= 15 is 0 Å². The summed E-state index contributed by atoms with van der Waals surface area (Å²) >= 11 is 0. The molecule has 0 saturated heterocycles. The molecule has 0 aromatic rings. The molecule has 3 nitrogen and oxygen atoms in total. The van der Waals surface area contributed by atoms with Gasteiger partial charge < -0.3 is 15.9 Å². The van der Waals surface area contributed by atoms with Crippen molar-refractivity contribution in [2.75, 3.05) is 0 Å². The Bertz CT molecular complexity index is 603. The van der Waals surface area contributed by atoms with E-state index in [1.165, 1.54) is 18.4 Å². The van der Waals surface area contributed by atoms with E-state index in [0.29, 0.717) is 11.8 Å². The predicted molar refractivity (Wildman–Crippen MR) is 86.7 cm³/mol. The van der Waals surface area contributed by atoms with Gasteiger partial charge in [0.05, 0.1) is 5.41 Å². The van der Waals surface area contributed by atoms with Crippen LogP contribution in [-0.4, -0.2) is 22.0 Å². The van der Waals surface area contributed by atoms with Gasteiger partial charge in [-0.25, -0.2) is 0 Å². The highest BCUT2D eigenvalue weighted by Crippen LogP contribution is 2.62. The van der Waals surface area contributed by atoms with E-state index < -0.39 is 11.2 Å². The minimum atomic E-state index is -1.74. The zero-order chi connectivity index (χ0) is 15.8. The summed E-state index contributed by atoms with van der Waals surface area (Å²) < 4.78 is 0. The molecule has 4 rings (SSSR count). The Morgan fingerprint density at radius 1 is 1.18 bits per heavy atom. The number of hydrogen-bond donors (Lipinski definition) is 3. The van der Waals surface area contributed by atoms with Gasteiger partial charge in [-0.05, 0) is 73.5 Å². The van der Waals surface area contributed by atoms with E-state index in [9.17, 15) is 10.2 Å². The minimum Gasteiger partial charge on any atom is -0.362 e. The molecule has 1 saturated carbocycles. The van der Waals surface area contributed by atoms with E-state index in [0.717, 1.165) is 24.8 Å². The van der Waals surface area contributed by atoms with Crippen LogP contribution in [0.4, 0.5) is 0 Å². The van der Waals surface area contributed by atoms with E-state index in [1.54, 1.807) is 6.08 Å². The van der Waals surface area contributed by atoms with Crippen LogP contribution in [0.2, 0.25) is 0 Å². The molecule has 0 aliphatic heterocycles. The third-order valence-corrected chi connectivity index (χ3v) is 7.24. The molecule has 0 aromatic carbocycles. The van der Waals surface area contributed by atoms with Crippen molar-refractivity contribution in [1.29, 1.82) is 0 Å². The largest absolute Gasteiger partial charge is 0.362 e. The summed E-state index contributed by atoms with van der Waals surface area (Å²) in [5.74, 6) is -0.635. The highest BCUT2D eigenvalue weighted by atomic mass is 16.5. The second-order valence-electron chi connectivity index (χ2n) is 8.24. The summed E-state index contributed by atoms with van der Waals surface area (Å²) in [6.45, 7) is 4.36. The number of fused-ring (bicyclic) bond motifs is 4. The Hall–Kier alpha value is -0.900. The summed E-state index contributed by atoms with van der Waals surface area (Å²) in [6.07, 6.45) is 13.4. The van der Waals surface area contributed by atoms with Crippen molar-refractivity contribution in [1.82, 2.24) is 0 Å². The van der Waals surface area contributed by atoms with Gasteiger partial charge in [0.25, 0.3) is 0 Å². The van der Waals surface area contributed by atoms with Gasteiger partial charge in [0.1, 0.15) is 0 Å². The average molecular weight is 301 g/mol. The molecule has 4 N–H and O–H groups in total. The molecular formula is C19H27NO2. The van der Waals surface area contributed by atoms with E-state index in [1.807, 2.05) is 13.0 Å². The Morgan fingerprint density at radius 3 is 2.73 bits per heavy atom. The highest BCUT2D eigenvalue weighted by molar-refractivity contribution is 5.48. The number of aliphatic hydroxyl groups is 2. The topological polar surface area (TPSA) is 66.5 Å². The van der Waals surface area contributed by atoms with Gasteiger partial charge in [-0.1, -0.05) is 25.2 Å². The van der Waals surface area contributed by atoms with Gasteiger partial charge in [0, 0.05) is 6.04 Å². The first kappa shape index (κ1) is 14.7. The summed E-state index contributed by atoms with van der Waals surface area (Å²) in [5, 5.41) is 20.8. The summed E-state index contributed by atoms with van der Waals surface area (Å²) in [4.78, 5) is 0. The molecule has 5 atom stereocenters. The Balaban J connectivity index is 1.87. The average Bonchev–Trinajstić information content (AvgIpc) is 2.70. The van der Waals surface area contributed by atoms with Crippen molar-refractivity contribution in [2.45, 2.75) is 57.8 Å². The number of allylic oxidation sites excluding steroid dienone is 3.